The van der Waals surface area contributed by atoms with Crippen molar-refractivity contribution in [3.05, 3.63) is 24.3 Å². The fourth-order valence-electron chi connectivity index (χ4n) is 2.03. The monoisotopic (exact) mass is 365 g/mol. The normalized spacial score (nSPS) is 10.7. The van der Waals surface area contributed by atoms with E-state index in [1.54, 1.807) is 11.8 Å². The van der Waals surface area contributed by atoms with Gasteiger partial charge in [0.05, 0.1) is 19.4 Å². The summed E-state index contributed by atoms with van der Waals surface area (Å²) in [5.41, 5.74) is 0. The zero-order valence-electron chi connectivity index (χ0n) is 14.6. The van der Waals surface area contributed by atoms with E-state index in [1.165, 1.54) is 11.8 Å². The van der Waals surface area contributed by atoms with Crippen LogP contribution < -0.4 is 14.8 Å². The molecule has 0 radical (unpaired) electrons. The van der Waals surface area contributed by atoms with Crippen molar-refractivity contribution in [3.8, 4) is 11.5 Å². The third kappa shape index (κ3) is 6.26. The Morgan fingerprint density at radius 3 is 2.80 bits per heavy atom. The molecule has 0 atom stereocenters. The molecule has 1 aromatic heterocycles. The van der Waals surface area contributed by atoms with Gasteiger partial charge >= 0.3 is 0 Å². The van der Waals surface area contributed by atoms with Crippen LogP contribution in [0, 0.1) is 5.92 Å². The predicted octanol–water partition coefficient (Wildman–Crippen LogP) is 1.62. The van der Waals surface area contributed by atoms with Gasteiger partial charge in [0.2, 0.25) is 11.1 Å². The number of hydrogen-bond donors (Lipinski definition) is 1. The number of para-hydroxylation sites is 2. The van der Waals surface area contributed by atoms with Crippen LogP contribution >= 0.6 is 11.8 Å². The highest BCUT2D eigenvalue weighted by Gasteiger charge is 2.11. The Morgan fingerprint density at radius 1 is 1.32 bits per heavy atom. The summed E-state index contributed by atoms with van der Waals surface area (Å²) in [7, 11) is 1.59. The first-order valence-corrected chi connectivity index (χ1v) is 9.00. The van der Waals surface area contributed by atoms with Crippen molar-refractivity contribution in [3.63, 3.8) is 0 Å². The fourth-order valence-corrected chi connectivity index (χ4v) is 2.75. The quantitative estimate of drug-likeness (QED) is 0.505. The number of hydrogen-bond acceptors (Lipinski definition) is 7. The number of nitrogens with one attached hydrogen (secondary N) is 1. The number of methoxy groups -OCH3 is 1. The van der Waals surface area contributed by atoms with Crippen molar-refractivity contribution >= 4 is 17.7 Å². The summed E-state index contributed by atoms with van der Waals surface area (Å²) in [6.45, 7) is 5.68. The number of tetrazole rings is 1. The van der Waals surface area contributed by atoms with Crippen LogP contribution in [0.4, 0.5) is 0 Å². The lowest BCUT2D eigenvalue weighted by Crippen LogP contribution is -2.29. The molecule has 9 heteroatoms. The van der Waals surface area contributed by atoms with Gasteiger partial charge in [-0.05, 0) is 28.5 Å². The van der Waals surface area contributed by atoms with Crippen LogP contribution in [-0.2, 0) is 11.3 Å². The lowest BCUT2D eigenvalue weighted by Gasteiger charge is -2.11. The molecule has 2 aromatic rings. The molecule has 1 aromatic carbocycles. The van der Waals surface area contributed by atoms with Gasteiger partial charge in [-0.25, -0.2) is 4.68 Å². The maximum absolute atomic E-state index is 11.9. The highest BCUT2D eigenvalue weighted by molar-refractivity contribution is 7.99. The molecule has 0 saturated carbocycles. The van der Waals surface area contributed by atoms with Crippen molar-refractivity contribution in [2.24, 2.45) is 5.92 Å². The largest absolute Gasteiger partial charge is 0.493 e. The molecule has 0 aliphatic rings. The van der Waals surface area contributed by atoms with Crippen LogP contribution in [0.25, 0.3) is 0 Å². The van der Waals surface area contributed by atoms with Crippen molar-refractivity contribution in [2.45, 2.75) is 25.5 Å². The Bertz CT molecular complexity index is 677. The lowest BCUT2D eigenvalue weighted by atomic mass is 10.2. The molecular weight excluding hydrogens is 342 g/mol. The summed E-state index contributed by atoms with van der Waals surface area (Å²) in [6, 6.07) is 7.39. The second-order valence-electron chi connectivity index (χ2n) is 5.68. The van der Waals surface area contributed by atoms with E-state index in [0.29, 0.717) is 35.7 Å². The van der Waals surface area contributed by atoms with E-state index in [1.807, 2.05) is 24.3 Å². The molecule has 2 rings (SSSR count). The second kappa shape index (κ2) is 9.87. The number of benzene rings is 1. The third-order valence-electron chi connectivity index (χ3n) is 3.12. The number of nitrogens with zero attached hydrogens (tertiary/aromatic N) is 4. The Labute approximate surface area is 151 Å². The van der Waals surface area contributed by atoms with Gasteiger partial charge in [-0.15, -0.1) is 5.10 Å². The van der Waals surface area contributed by atoms with Gasteiger partial charge in [0.25, 0.3) is 0 Å². The van der Waals surface area contributed by atoms with Gasteiger partial charge in [-0.3, -0.25) is 4.79 Å². The van der Waals surface area contributed by atoms with Gasteiger partial charge in [0, 0.05) is 6.54 Å². The average Bonchev–Trinajstić information content (AvgIpc) is 3.03. The SMILES string of the molecule is COc1ccccc1OCCNC(=O)CSc1nnnn1CC(C)C. The minimum Gasteiger partial charge on any atom is -0.493 e. The Kier molecular flexibility index (Phi) is 7.52. The van der Waals surface area contributed by atoms with Crippen molar-refractivity contribution in [2.75, 3.05) is 26.0 Å². The molecule has 25 heavy (non-hydrogen) atoms. The van der Waals surface area contributed by atoms with Crippen LogP contribution in [0.1, 0.15) is 13.8 Å². The van der Waals surface area contributed by atoms with Crippen molar-refractivity contribution in [1.82, 2.24) is 25.5 Å². The number of ether oxygens (including phenoxy) is 2. The number of carbonyl (C=O) groups excluding carboxylic acids is 1. The van der Waals surface area contributed by atoms with Gasteiger partial charge in [0.1, 0.15) is 6.61 Å². The van der Waals surface area contributed by atoms with E-state index < -0.39 is 0 Å². The number of carbonyl (C=O) groups is 1. The minimum absolute atomic E-state index is 0.0901. The smallest absolute Gasteiger partial charge is 0.230 e. The molecule has 1 heterocycles. The molecule has 136 valence electrons. The Morgan fingerprint density at radius 2 is 2.08 bits per heavy atom. The molecule has 1 N–H and O–H groups in total. The average molecular weight is 365 g/mol. The molecule has 8 nitrogen and oxygen atoms in total. The molecule has 1 amide bonds. The molecule has 0 aliphatic heterocycles. The summed E-state index contributed by atoms with van der Waals surface area (Å²) in [5.74, 6) is 1.92. The lowest BCUT2D eigenvalue weighted by molar-refractivity contribution is -0.118. The third-order valence-corrected chi connectivity index (χ3v) is 4.08. The molecule has 0 fully saturated rings. The van der Waals surface area contributed by atoms with Gasteiger partial charge in [0.15, 0.2) is 11.5 Å². The Hall–Kier alpha value is -2.29. The topological polar surface area (TPSA) is 91.2 Å². The summed E-state index contributed by atoms with van der Waals surface area (Å²) in [4.78, 5) is 11.9. The van der Waals surface area contributed by atoms with E-state index in [-0.39, 0.29) is 11.7 Å². The molecule has 0 bridgehead atoms. The first kappa shape index (κ1) is 19.0. The number of thioether (sulfide) groups is 1. The zero-order valence-corrected chi connectivity index (χ0v) is 15.5. The summed E-state index contributed by atoms with van der Waals surface area (Å²) >= 11 is 1.32. The van der Waals surface area contributed by atoms with E-state index in [0.717, 1.165) is 6.54 Å². The Balaban J connectivity index is 1.68. The van der Waals surface area contributed by atoms with Crippen LogP contribution in [0.5, 0.6) is 11.5 Å². The summed E-state index contributed by atoms with van der Waals surface area (Å²) in [6.07, 6.45) is 0. The highest BCUT2D eigenvalue weighted by Crippen LogP contribution is 2.25. The van der Waals surface area contributed by atoms with Crippen LogP contribution in [-0.4, -0.2) is 52.1 Å². The summed E-state index contributed by atoms with van der Waals surface area (Å²) in [5, 5.41) is 15.0. The maximum atomic E-state index is 11.9. The van der Waals surface area contributed by atoms with Gasteiger partial charge in [-0.2, -0.15) is 0 Å². The number of amides is 1. The molecule has 0 unspecified atom stereocenters. The highest BCUT2D eigenvalue weighted by atomic mass is 32.2. The molecule has 0 saturated heterocycles. The van der Waals surface area contributed by atoms with Crippen LogP contribution in [0.15, 0.2) is 29.4 Å². The molecule has 0 aliphatic carbocycles. The van der Waals surface area contributed by atoms with E-state index in [2.05, 4.69) is 34.7 Å². The first-order valence-electron chi connectivity index (χ1n) is 8.01. The van der Waals surface area contributed by atoms with Gasteiger partial charge < -0.3 is 14.8 Å². The summed E-state index contributed by atoms with van der Waals surface area (Å²) < 4.78 is 12.5. The number of rotatable bonds is 10. The van der Waals surface area contributed by atoms with E-state index in [4.69, 9.17) is 9.47 Å². The first-order chi connectivity index (χ1) is 12.1. The predicted molar refractivity (Wildman–Crippen MR) is 94.9 cm³/mol. The molecular formula is C16H23N5O3S. The van der Waals surface area contributed by atoms with Gasteiger partial charge in [-0.1, -0.05) is 37.7 Å². The second-order valence-corrected chi connectivity index (χ2v) is 6.62. The van der Waals surface area contributed by atoms with E-state index >= 15 is 0 Å². The number of aromatic nitrogens is 4. The van der Waals surface area contributed by atoms with Crippen molar-refractivity contribution in [1.29, 1.82) is 0 Å². The van der Waals surface area contributed by atoms with E-state index in [9.17, 15) is 4.79 Å². The minimum atomic E-state index is -0.0901. The zero-order chi connectivity index (χ0) is 18.1. The fraction of sp³-hybridized carbons (Fsp3) is 0.500. The van der Waals surface area contributed by atoms with Crippen LogP contribution in [0.2, 0.25) is 0 Å². The molecule has 0 spiro atoms. The van der Waals surface area contributed by atoms with Crippen LogP contribution in [0.3, 0.4) is 0 Å². The standard InChI is InChI=1S/C16H23N5O3S/c1-12(2)10-21-16(18-19-20-21)25-11-15(22)17-8-9-24-14-7-5-4-6-13(14)23-3/h4-7,12H,8-11H2,1-3H3,(H,17,22). The maximum Gasteiger partial charge on any atom is 0.230 e. The van der Waals surface area contributed by atoms with Crippen molar-refractivity contribution < 1.29 is 14.3 Å².